The predicted octanol–water partition coefficient (Wildman–Crippen LogP) is 2.41. The van der Waals surface area contributed by atoms with Crippen LogP contribution in [0.2, 0.25) is 0 Å². The normalized spacial score (nSPS) is 13.0. The molecule has 1 aliphatic rings. The number of aryl methyl sites for hydroxylation is 4. The highest BCUT2D eigenvalue weighted by atomic mass is 16.1. The van der Waals surface area contributed by atoms with Crippen molar-refractivity contribution in [2.75, 3.05) is 0 Å². The first-order chi connectivity index (χ1) is 10.5. The first-order valence-electron chi connectivity index (χ1n) is 7.64. The number of H-pyrrole nitrogens is 1. The first kappa shape index (κ1) is 14.6. The number of pyridine rings is 1. The number of aromatic amines is 1. The summed E-state index contributed by atoms with van der Waals surface area (Å²) in [6.07, 6.45) is 3.32. The Balaban J connectivity index is 1.74. The number of hydrogen-bond donors (Lipinski definition) is 2. The number of rotatable bonds is 3. The van der Waals surface area contributed by atoms with Gasteiger partial charge in [-0.05, 0) is 68.0 Å². The molecule has 1 amide bonds. The van der Waals surface area contributed by atoms with E-state index in [0.717, 1.165) is 24.1 Å². The molecule has 1 aromatic carbocycles. The van der Waals surface area contributed by atoms with E-state index in [1.807, 2.05) is 38.1 Å². The van der Waals surface area contributed by atoms with Gasteiger partial charge in [-0.2, -0.15) is 0 Å². The average molecular weight is 296 g/mol. The molecule has 1 heterocycles. The molecule has 4 nitrogen and oxygen atoms in total. The van der Waals surface area contributed by atoms with E-state index in [2.05, 4.69) is 10.3 Å². The summed E-state index contributed by atoms with van der Waals surface area (Å²) in [4.78, 5) is 27.0. The molecule has 1 aromatic heterocycles. The van der Waals surface area contributed by atoms with Gasteiger partial charge in [0.1, 0.15) is 0 Å². The van der Waals surface area contributed by atoms with E-state index < -0.39 is 0 Å². The first-order valence-corrected chi connectivity index (χ1v) is 7.64. The number of hydrogen-bond acceptors (Lipinski definition) is 2. The maximum atomic E-state index is 12.3. The lowest BCUT2D eigenvalue weighted by molar-refractivity contribution is 0.0950. The van der Waals surface area contributed by atoms with E-state index in [1.165, 1.54) is 17.5 Å². The van der Waals surface area contributed by atoms with Crippen molar-refractivity contribution in [3.05, 3.63) is 68.1 Å². The SMILES string of the molecule is Cc1cc(C)c(CNC(=O)c2ccc3c(c2)CCC3)c(=O)[nH]1. The maximum absolute atomic E-state index is 12.3. The third-order valence-corrected chi connectivity index (χ3v) is 4.28. The molecule has 22 heavy (non-hydrogen) atoms. The van der Waals surface area contributed by atoms with Crippen LogP contribution in [0.15, 0.2) is 29.1 Å². The van der Waals surface area contributed by atoms with Gasteiger partial charge in [0.25, 0.3) is 11.5 Å². The summed E-state index contributed by atoms with van der Waals surface area (Å²) in [5.74, 6) is -0.130. The van der Waals surface area contributed by atoms with Gasteiger partial charge in [-0.1, -0.05) is 6.07 Å². The Morgan fingerprint density at radius 1 is 1.18 bits per heavy atom. The largest absolute Gasteiger partial charge is 0.348 e. The molecular weight excluding hydrogens is 276 g/mol. The number of carbonyl (C=O) groups is 1. The molecule has 0 atom stereocenters. The number of aromatic nitrogens is 1. The minimum Gasteiger partial charge on any atom is -0.348 e. The fourth-order valence-corrected chi connectivity index (χ4v) is 3.09. The molecule has 2 N–H and O–H groups in total. The molecule has 4 heteroatoms. The van der Waals surface area contributed by atoms with Gasteiger partial charge in [0.15, 0.2) is 0 Å². The van der Waals surface area contributed by atoms with Crippen molar-refractivity contribution in [2.24, 2.45) is 0 Å². The highest BCUT2D eigenvalue weighted by molar-refractivity contribution is 5.94. The Labute approximate surface area is 129 Å². The van der Waals surface area contributed by atoms with Crippen LogP contribution in [0.4, 0.5) is 0 Å². The molecule has 0 spiro atoms. The van der Waals surface area contributed by atoms with Crippen LogP contribution < -0.4 is 10.9 Å². The minimum absolute atomic E-state index is 0.130. The fraction of sp³-hybridized carbons (Fsp3) is 0.333. The summed E-state index contributed by atoms with van der Waals surface area (Å²) < 4.78 is 0. The van der Waals surface area contributed by atoms with Crippen molar-refractivity contribution in [1.82, 2.24) is 10.3 Å². The second kappa shape index (κ2) is 5.79. The smallest absolute Gasteiger partial charge is 0.253 e. The Bertz CT molecular complexity index is 790. The Morgan fingerprint density at radius 2 is 1.95 bits per heavy atom. The molecule has 0 bridgehead atoms. The van der Waals surface area contributed by atoms with Crippen LogP contribution in [0.3, 0.4) is 0 Å². The number of benzene rings is 1. The lowest BCUT2D eigenvalue weighted by Crippen LogP contribution is -2.28. The number of fused-ring (bicyclic) bond motifs is 1. The zero-order valence-electron chi connectivity index (χ0n) is 13.0. The summed E-state index contributed by atoms with van der Waals surface area (Å²) >= 11 is 0. The van der Waals surface area contributed by atoms with Crippen molar-refractivity contribution in [1.29, 1.82) is 0 Å². The van der Waals surface area contributed by atoms with Gasteiger partial charge >= 0.3 is 0 Å². The van der Waals surface area contributed by atoms with Crippen LogP contribution in [0.25, 0.3) is 0 Å². The number of carbonyl (C=O) groups excluding carboxylic acids is 1. The van der Waals surface area contributed by atoms with Crippen molar-refractivity contribution in [3.63, 3.8) is 0 Å². The second-order valence-corrected chi connectivity index (χ2v) is 5.96. The zero-order chi connectivity index (χ0) is 15.7. The van der Waals surface area contributed by atoms with Gasteiger partial charge in [-0.25, -0.2) is 0 Å². The van der Waals surface area contributed by atoms with Gasteiger partial charge in [0.2, 0.25) is 0 Å². The maximum Gasteiger partial charge on any atom is 0.253 e. The van der Waals surface area contributed by atoms with Gasteiger partial charge in [-0.15, -0.1) is 0 Å². The van der Waals surface area contributed by atoms with Crippen LogP contribution in [-0.4, -0.2) is 10.9 Å². The van der Waals surface area contributed by atoms with Crippen LogP contribution >= 0.6 is 0 Å². The molecule has 0 fully saturated rings. The molecule has 0 radical (unpaired) electrons. The monoisotopic (exact) mass is 296 g/mol. The molecule has 0 aliphatic heterocycles. The van der Waals surface area contributed by atoms with Gasteiger partial charge < -0.3 is 10.3 Å². The zero-order valence-corrected chi connectivity index (χ0v) is 13.0. The Morgan fingerprint density at radius 3 is 2.73 bits per heavy atom. The molecular formula is C18H20N2O2. The highest BCUT2D eigenvalue weighted by Gasteiger charge is 2.14. The van der Waals surface area contributed by atoms with E-state index in [-0.39, 0.29) is 18.0 Å². The van der Waals surface area contributed by atoms with Crippen LogP contribution in [-0.2, 0) is 19.4 Å². The topological polar surface area (TPSA) is 62.0 Å². The Hall–Kier alpha value is -2.36. The second-order valence-electron chi connectivity index (χ2n) is 5.96. The fourth-order valence-electron chi connectivity index (χ4n) is 3.09. The summed E-state index contributed by atoms with van der Waals surface area (Å²) in [5.41, 5.74) is 5.50. The quantitative estimate of drug-likeness (QED) is 0.913. The Kier molecular flexibility index (Phi) is 3.84. The molecule has 0 unspecified atom stereocenters. The summed E-state index contributed by atoms with van der Waals surface area (Å²) in [6.45, 7) is 3.98. The summed E-state index contributed by atoms with van der Waals surface area (Å²) in [5, 5.41) is 2.85. The van der Waals surface area contributed by atoms with Crippen molar-refractivity contribution >= 4 is 5.91 Å². The van der Waals surface area contributed by atoms with E-state index in [4.69, 9.17) is 0 Å². The molecule has 1 aliphatic carbocycles. The highest BCUT2D eigenvalue weighted by Crippen LogP contribution is 2.22. The van der Waals surface area contributed by atoms with E-state index >= 15 is 0 Å². The molecule has 2 aromatic rings. The third kappa shape index (κ3) is 2.82. The predicted molar refractivity (Wildman–Crippen MR) is 86.2 cm³/mol. The lowest BCUT2D eigenvalue weighted by Gasteiger charge is -2.09. The third-order valence-electron chi connectivity index (χ3n) is 4.28. The summed E-state index contributed by atoms with van der Waals surface area (Å²) in [7, 11) is 0. The molecule has 0 saturated heterocycles. The van der Waals surface area contributed by atoms with Crippen LogP contribution in [0.1, 0.15) is 44.7 Å². The van der Waals surface area contributed by atoms with E-state index in [9.17, 15) is 9.59 Å². The van der Waals surface area contributed by atoms with Crippen molar-refractivity contribution in [2.45, 2.75) is 39.7 Å². The molecule has 114 valence electrons. The lowest BCUT2D eigenvalue weighted by atomic mass is 10.1. The van der Waals surface area contributed by atoms with Gasteiger partial charge in [0.05, 0.1) is 0 Å². The van der Waals surface area contributed by atoms with Crippen LogP contribution in [0.5, 0.6) is 0 Å². The van der Waals surface area contributed by atoms with Crippen molar-refractivity contribution in [3.8, 4) is 0 Å². The van der Waals surface area contributed by atoms with E-state index in [1.54, 1.807) is 0 Å². The van der Waals surface area contributed by atoms with Crippen LogP contribution in [0, 0.1) is 13.8 Å². The van der Waals surface area contributed by atoms with Gasteiger partial charge in [-0.3, -0.25) is 9.59 Å². The van der Waals surface area contributed by atoms with Crippen molar-refractivity contribution < 1.29 is 4.79 Å². The molecule has 0 saturated carbocycles. The minimum atomic E-state index is -0.133. The number of amides is 1. The number of nitrogens with one attached hydrogen (secondary N) is 2. The van der Waals surface area contributed by atoms with E-state index in [0.29, 0.717) is 11.1 Å². The summed E-state index contributed by atoms with van der Waals surface area (Å²) in [6, 6.07) is 7.80. The molecule has 3 rings (SSSR count). The standard InChI is InChI=1S/C18H20N2O2/c1-11-8-12(2)20-18(22)16(11)10-19-17(21)15-7-6-13-4-3-5-14(13)9-15/h6-9H,3-5,10H2,1-2H3,(H,19,21)(H,20,22). The average Bonchev–Trinajstić information content (AvgIpc) is 2.93. The van der Waals surface area contributed by atoms with Gasteiger partial charge in [0, 0.05) is 23.4 Å².